The molecule has 5 rings (SSSR count). The molecule has 0 N–H and O–H groups in total. The predicted octanol–water partition coefficient (Wildman–Crippen LogP) is 3.07. The molecule has 1 aliphatic rings. The zero-order valence-corrected chi connectivity index (χ0v) is 11.8. The fourth-order valence-corrected chi connectivity index (χ4v) is 3.31. The van der Waals surface area contributed by atoms with E-state index in [1.807, 2.05) is 0 Å². The van der Waals surface area contributed by atoms with E-state index in [-0.39, 0.29) is 0 Å². The van der Waals surface area contributed by atoms with E-state index >= 15 is 0 Å². The van der Waals surface area contributed by atoms with Gasteiger partial charge in [0.2, 0.25) is 0 Å². The molecule has 0 fully saturated rings. The molecule has 0 aliphatic heterocycles. The van der Waals surface area contributed by atoms with Crippen molar-refractivity contribution < 1.29 is 0 Å². The van der Waals surface area contributed by atoms with E-state index in [0.29, 0.717) is 0 Å². The molecule has 104 valence electrons. The minimum atomic E-state index is 0.788. The van der Waals surface area contributed by atoms with Crippen molar-refractivity contribution in [1.29, 1.82) is 0 Å². The molecule has 0 radical (unpaired) electrons. The molecule has 0 unspecified atom stereocenters. The second-order valence-corrected chi connectivity index (χ2v) is 5.79. The van der Waals surface area contributed by atoms with Gasteiger partial charge in [0, 0.05) is 12.8 Å². The van der Waals surface area contributed by atoms with Gasteiger partial charge in [0.15, 0.2) is 0 Å². The van der Waals surface area contributed by atoms with E-state index in [2.05, 4.69) is 69.2 Å². The number of hydrogen-bond donors (Lipinski definition) is 0. The van der Waals surface area contributed by atoms with E-state index in [1.165, 1.54) is 32.7 Å². The van der Waals surface area contributed by atoms with Gasteiger partial charge in [-0.25, -0.2) is 0 Å². The van der Waals surface area contributed by atoms with Crippen LogP contribution in [0.2, 0.25) is 0 Å². The molecule has 1 aromatic heterocycles. The van der Waals surface area contributed by atoms with Crippen molar-refractivity contribution in [2.75, 3.05) is 0 Å². The van der Waals surface area contributed by atoms with Gasteiger partial charge in [-0.2, -0.15) is 0 Å². The lowest BCUT2D eigenvalue weighted by Gasteiger charge is -2.17. The molecule has 3 aromatic carbocycles. The third-order valence-electron chi connectivity index (χ3n) is 4.44. The normalized spacial score (nSPS) is 13.1. The van der Waals surface area contributed by atoms with Crippen molar-refractivity contribution >= 4 is 21.5 Å². The molecule has 0 saturated heterocycles. The fraction of sp³-hybridized carbons (Fsp3) is 0.111. The van der Waals surface area contributed by atoms with Crippen molar-refractivity contribution in [3.05, 3.63) is 71.0 Å². The van der Waals surface area contributed by atoms with Crippen LogP contribution in [0.15, 0.2) is 48.5 Å². The highest BCUT2D eigenvalue weighted by atomic mass is 15.4. The summed E-state index contributed by atoms with van der Waals surface area (Å²) in [7, 11) is 0. The molecule has 0 bridgehead atoms. The maximum atomic E-state index is 4.12. The number of aromatic nitrogens is 4. The average molecular weight is 284 g/mol. The molecule has 0 spiro atoms. The van der Waals surface area contributed by atoms with Crippen LogP contribution in [-0.2, 0) is 12.8 Å². The Bertz CT molecular complexity index is 957. The first-order valence-electron chi connectivity index (χ1n) is 7.35. The molecular formula is C18H12N4. The van der Waals surface area contributed by atoms with Crippen LogP contribution in [0.5, 0.6) is 0 Å². The van der Waals surface area contributed by atoms with Crippen LogP contribution in [-0.4, -0.2) is 20.6 Å². The summed E-state index contributed by atoms with van der Waals surface area (Å²) in [4.78, 5) is 0. The largest absolute Gasteiger partial charge is 0.131 e. The minimum absolute atomic E-state index is 0.788. The molecule has 4 nitrogen and oxygen atoms in total. The Hall–Kier alpha value is -2.88. The lowest BCUT2D eigenvalue weighted by Crippen LogP contribution is -2.13. The number of hydrogen-bond acceptors (Lipinski definition) is 4. The lowest BCUT2D eigenvalue weighted by atomic mass is 9.89. The van der Waals surface area contributed by atoms with Gasteiger partial charge >= 0.3 is 0 Å². The molecule has 0 atom stereocenters. The Kier molecular flexibility index (Phi) is 2.30. The Morgan fingerprint density at radius 3 is 1.59 bits per heavy atom. The lowest BCUT2D eigenvalue weighted by molar-refractivity contribution is 0.688. The van der Waals surface area contributed by atoms with Crippen molar-refractivity contribution in [3.8, 4) is 0 Å². The van der Waals surface area contributed by atoms with Crippen LogP contribution >= 0.6 is 0 Å². The van der Waals surface area contributed by atoms with E-state index in [4.69, 9.17) is 0 Å². The molecule has 22 heavy (non-hydrogen) atoms. The van der Waals surface area contributed by atoms with Gasteiger partial charge < -0.3 is 0 Å². The Balaban J connectivity index is 1.75. The second-order valence-electron chi connectivity index (χ2n) is 5.79. The monoisotopic (exact) mass is 284 g/mol. The smallest absolute Gasteiger partial charge is 0.0930 e. The summed E-state index contributed by atoms with van der Waals surface area (Å²) in [5.74, 6) is 0. The molecule has 1 aliphatic carbocycles. The maximum absolute atomic E-state index is 4.12. The predicted molar refractivity (Wildman–Crippen MR) is 84.7 cm³/mol. The highest BCUT2D eigenvalue weighted by Crippen LogP contribution is 2.30. The molecule has 0 saturated carbocycles. The number of rotatable bonds is 0. The highest BCUT2D eigenvalue weighted by molar-refractivity contribution is 5.98. The van der Waals surface area contributed by atoms with E-state index in [1.54, 1.807) is 0 Å². The molecule has 0 amide bonds. The van der Waals surface area contributed by atoms with Gasteiger partial charge in [-0.1, -0.05) is 36.4 Å². The second kappa shape index (κ2) is 4.31. The zero-order valence-electron chi connectivity index (χ0n) is 11.8. The van der Waals surface area contributed by atoms with Gasteiger partial charge in [0.25, 0.3) is 0 Å². The van der Waals surface area contributed by atoms with E-state index in [0.717, 1.165) is 24.2 Å². The maximum Gasteiger partial charge on any atom is 0.0930 e. The van der Waals surface area contributed by atoms with Crippen LogP contribution in [0, 0.1) is 0 Å². The molecule has 4 heteroatoms. The minimum Gasteiger partial charge on any atom is -0.131 e. The Morgan fingerprint density at radius 1 is 0.591 bits per heavy atom. The van der Waals surface area contributed by atoms with Gasteiger partial charge in [-0.3, -0.25) is 0 Å². The first-order chi connectivity index (χ1) is 10.9. The van der Waals surface area contributed by atoms with Gasteiger partial charge in [0.05, 0.1) is 11.4 Å². The van der Waals surface area contributed by atoms with Crippen LogP contribution in [0.4, 0.5) is 0 Å². The van der Waals surface area contributed by atoms with Crippen molar-refractivity contribution in [2.45, 2.75) is 12.8 Å². The Labute approximate surface area is 126 Å². The van der Waals surface area contributed by atoms with Crippen molar-refractivity contribution in [3.63, 3.8) is 0 Å². The molecular weight excluding hydrogens is 272 g/mol. The van der Waals surface area contributed by atoms with Gasteiger partial charge in [-0.05, 0) is 55.2 Å². The van der Waals surface area contributed by atoms with Crippen LogP contribution in [0.3, 0.4) is 0 Å². The third kappa shape index (κ3) is 1.70. The first-order valence-corrected chi connectivity index (χ1v) is 7.35. The zero-order chi connectivity index (χ0) is 14.5. The van der Waals surface area contributed by atoms with Gasteiger partial charge in [0.1, 0.15) is 0 Å². The SMILES string of the molecule is c1ccc2cc3cc4c(cc3cc2c1)Cc1nnnnc1C4. The number of benzene rings is 3. The van der Waals surface area contributed by atoms with Crippen LogP contribution in [0.1, 0.15) is 22.5 Å². The van der Waals surface area contributed by atoms with Gasteiger partial charge in [-0.15, -0.1) is 10.2 Å². The van der Waals surface area contributed by atoms with E-state index in [9.17, 15) is 0 Å². The summed E-state index contributed by atoms with van der Waals surface area (Å²) >= 11 is 0. The summed E-state index contributed by atoms with van der Waals surface area (Å²) in [6.45, 7) is 0. The molecule has 1 heterocycles. The molecule has 4 aromatic rings. The summed E-state index contributed by atoms with van der Waals surface area (Å²) < 4.78 is 0. The first kappa shape index (κ1) is 11.7. The topological polar surface area (TPSA) is 51.6 Å². The standard InChI is InChI=1S/C18H12N4/c1-2-4-12-6-14-8-16-10-18-17(19-21-22-20-18)9-15(16)7-13(14)5-11(12)3-1/h1-8H,9-10H2. The summed E-state index contributed by atoms with van der Waals surface area (Å²) in [6, 6.07) is 17.6. The number of nitrogens with zero attached hydrogens (tertiary/aromatic N) is 4. The Morgan fingerprint density at radius 2 is 1.09 bits per heavy atom. The summed E-state index contributed by atoms with van der Waals surface area (Å²) in [6.07, 6.45) is 1.58. The van der Waals surface area contributed by atoms with Crippen molar-refractivity contribution in [2.24, 2.45) is 0 Å². The third-order valence-corrected chi connectivity index (χ3v) is 4.44. The van der Waals surface area contributed by atoms with E-state index < -0.39 is 0 Å². The van der Waals surface area contributed by atoms with Crippen LogP contribution < -0.4 is 0 Å². The number of fused-ring (bicyclic) bond motifs is 4. The average Bonchev–Trinajstić information content (AvgIpc) is 2.56. The van der Waals surface area contributed by atoms with Crippen molar-refractivity contribution in [1.82, 2.24) is 20.6 Å². The quantitative estimate of drug-likeness (QED) is 0.410. The summed E-state index contributed by atoms with van der Waals surface area (Å²) in [5, 5.41) is 20.7. The van der Waals surface area contributed by atoms with Crippen LogP contribution in [0.25, 0.3) is 21.5 Å². The fourth-order valence-electron chi connectivity index (χ4n) is 3.31. The highest BCUT2D eigenvalue weighted by Gasteiger charge is 2.19. The summed E-state index contributed by atoms with van der Waals surface area (Å²) in [5.41, 5.74) is 4.53.